The van der Waals surface area contributed by atoms with Crippen LogP contribution >= 0.6 is 0 Å². The molecule has 1 aromatic rings. The van der Waals surface area contributed by atoms with Gasteiger partial charge in [-0.25, -0.2) is 8.78 Å². The third-order valence-corrected chi connectivity index (χ3v) is 4.10. The number of carbonyl (C=O) groups is 1. The van der Waals surface area contributed by atoms with Crippen molar-refractivity contribution in [3.05, 3.63) is 41.5 Å². The number of ether oxygens (including phenoxy) is 1. The summed E-state index contributed by atoms with van der Waals surface area (Å²) in [7, 11) is 0. The second-order valence-corrected chi connectivity index (χ2v) is 5.96. The van der Waals surface area contributed by atoms with Crippen molar-refractivity contribution in [1.82, 2.24) is 0 Å². The fraction of sp³-hybridized carbons (Fsp3) is 0.438. The predicted octanol–water partition coefficient (Wildman–Crippen LogP) is 4.05. The molecule has 0 bridgehead atoms. The number of amides is 1. The Kier molecular flexibility index (Phi) is 3.90. The number of benzene rings is 1. The van der Waals surface area contributed by atoms with E-state index in [1.165, 1.54) is 6.08 Å². The van der Waals surface area contributed by atoms with Crippen LogP contribution in [-0.2, 0) is 15.1 Å². The highest BCUT2D eigenvalue weighted by molar-refractivity contribution is 5.95. The van der Waals surface area contributed by atoms with E-state index in [2.05, 4.69) is 5.32 Å². The lowest BCUT2D eigenvalue weighted by Crippen LogP contribution is -2.46. The Hall–Kier alpha value is -1.96. The van der Waals surface area contributed by atoms with Crippen molar-refractivity contribution in [2.45, 2.75) is 37.6 Å². The van der Waals surface area contributed by atoms with Gasteiger partial charge in [0.15, 0.2) is 11.6 Å². The van der Waals surface area contributed by atoms with Gasteiger partial charge in [-0.2, -0.15) is 13.2 Å². The first kappa shape index (κ1) is 16.9. The molecule has 0 radical (unpaired) electrons. The molecule has 1 fully saturated rings. The Morgan fingerprint density at radius 1 is 1.29 bits per heavy atom. The van der Waals surface area contributed by atoms with Gasteiger partial charge in [-0.3, -0.25) is 4.79 Å². The van der Waals surface area contributed by atoms with Crippen molar-refractivity contribution in [3.8, 4) is 0 Å². The van der Waals surface area contributed by atoms with Crippen LogP contribution in [0.2, 0.25) is 0 Å². The number of halogens is 5. The number of hydrogen-bond donors (Lipinski definition) is 1. The molecule has 3 rings (SSSR count). The summed E-state index contributed by atoms with van der Waals surface area (Å²) in [5.74, 6) is -4.07. The predicted molar refractivity (Wildman–Crippen MR) is 75.1 cm³/mol. The van der Waals surface area contributed by atoms with Crippen LogP contribution in [-0.4, -0.2) is 18.2 Å². The van der Waals surface area contributed by atoms with Gasteiger partial charge in [0.1, 0.15) is 6.10 Å². The van der Waals surface area contributed by atoms with Crippen LogP contribution < -0.4 is 5.32 Å². The molecule has 24 heavy (non-hydrogen) atoms. The molecule has 3 nitrogen and oxygen atoms in total. The molecule has 0 aromatic heterocycles. The third-order valence-electron chi connectivity index (χ3n) is 4.10. The van der Waals surface area contributed by atoms with Gasteiger partial charge < -0.3 is 10.1 Å². The minimum absolute atomic E-state index is 0.0601. The molecule has 2 unspecified atom stereocenters. The zero-order chi connectivity index (χ0) is 17.7. The smallest absolute Gasteiger partial charge is 0.344 e. The second-order valence-electron chi connectivity index (χ2n) is 5.96. The molecule has 1 amide bonds. The highest BCUT2D eigenvalue weighted by atomic mass is 19.4. The molecule has 1 aromatic carbocycles. The van der Waals surface area contributed by atoms with E-state index in [-0.39, 0.29) is 5.92 Å². The van der Waals surface area contributed by atoms with E-state index < -0.39 is 46.7 Å². The molecule has 1 aliphatic carbocycles. The number of alkyl halides is 3. The van der Waals surface area contributed by atoms with Crippen LogP contribution in [0.1, 0.15) is 25.3 Å². The summed E-state index contributed by atoms with van der Waals surface area (Å²) in [4.78, 5) is 11.9. The van der Waals surface area contributed by atoms with E-state index in [4.69, 9.17) is 4.74 Å². The fourth-order valence-electron chi connectivity index (χ4n) is 2.63. The molecule has 8 heteroatoms. The van der Waals surface area contributed by atoms with E-state index in [1.807, 2.05) is 0 Å². The highest BCUT2D eigenvalue weighted by Gasteiger charge is 2.60. The highest BCUT2D eigenvalue weighted by Crippen LogP contribution is 2.50. The number of fused-ring (bicyclic) bond motifs is 1. The van der Waals surface area contributed by atoms with Crippen molar-refractivity contribution in [3.63, 3.8) is 0 Å². The summed E-state index contributed by atoms with van der Waals surface area (Å²) < 4.78 is 74.8. The number of anilines is 1. The topological polar surface area (TPSA) is 38.3 Å². The molecule has 1 N–H and O–H groups in total. The summed E-state index contributed by atoms with van der Waals surface area (Å²) in [6.07, 6.45) is -3.19. The van der Waals surface area contributed by atoms with Crippen LogP contribution in [0.15, 0.2) is 24.3 Å². The Morgan fingerprint density at radius 2 is 1.96 bits per heavy atom. The normalized spacial score (nSPS) is 27.8. The van der Waals surface area contributed by atoms with Crippen LogP contribution in [0.4, 0.5) is 27.6 Å². The molecule has 2 aliphatic rings. The molecular weight excluding hydrogens is 333 g/mol. The Labute approximate surface area is 134 Å². The average Bonchev–Trinajstić information content (AvgIpc) is 3.30. The van der Waals surface area contributed by atoms with E-state index in [0.29, 0.717) is 12.1 Å². The van der Waals surface area contributed by atoms with E-state index >= 15 is 0 Å². The number of nitrogens with one attached hydrogen (secondary N) is 1. The van der Waals surface area contributed by atoms with Crippen molar-refractivity contribution in [2.75, 3.05) is 5.32 Å². The van der Waals surface area contributed by atoms with Gasteiger partial charge in [-0.15, -0.1) is 0 Å². The van der Waals surface area contributed by atoms with Crippen LogP contribution in [0, 0.1) is 17.6 Å². The summed E-state index contributed by atoms with van der Waals surface area (Å²) in [6, 6.07) is 1.56. The molecule has 1 heterocycles. The molecular formula is C16H14F5NO2. The van der Waals surface area contributed by atoms with Crippen molar-refractivity contribution in [1.29, 1.82) is 0 Å². The monoisotopic (exact) mass is 347 g/mol. The van der Waals surface area contributed by atoms with Gasteiger partial charge in [-0.1, -0.05) is 6.08 Å². The van der Waals surface area contributed by atoms with Crippen molar-refractivity contribution < 1.29 is 31.5 Å². The first-order valence-electron chi connectivity index (χ1n) is 7.39. The minimum atomic E-state index is -5.09. The zero-order valence-corrected chi connectivity index (χ0v) is 12.6. The van der Waals surface area contributed by atoms with Gasteiger partial charge >= 0.3 is 6.18 Å². The fourth-order valence-corrected chi connectivity index (χ4v) is 2.63. The molecule has 2 atom stereocenters. The number of rotatable bonds is 2. The Morgan fingerprint density at radius 3 is 2.54 bits per heavy atom. The molecule has 0 spiro atoms. The summed E-state index contributed by atoms with van der Waals surface area (Å²) >= 11 is 0. The van der Waals surface area contributed by atoms with E-state index in [0.717, 1.165) is 25.8 Å². The molecule has 130 valence electrons. The Bertz CT molecular complexity index is 711. The first-order valence-corrected chi connectivity index (χ1v) is 7.39. The summed E-state index contributed by atoms with van der Waals surface area (Å²) in [5.41, 5.74) is -4.76. The van der Waals surface area contributed by atoms with E-state index in [9.17, 15) is 26.7 Å². The summed E-state index contributed by atoms with van der Waals surface area (Å²) in [6.45, 7) is 1.13. The number of allylic oxidation sites excluding steroid dienone is 1. The lowest BCUT2D eigenvalue weighted by molar-refractivity contribution is -0.272. The number of carbonyl (C=O) groups excluding carboxylic acids is 1. The summed E-state index contributed by atoms with van der Waals surface area (Å²) in [5, 5.41) is 2.17. The maximum Gasteiger partial charge on any atom is 0.425 e. The van der Waals surface area contributed by atoms with Gasteiger partial charge in [0.2, 0.25) is 5.60 Å². The van der Waals surface area contributed by atoms with Crippen molar-refractivity contribution >= 4 is 11.6 Å². The minimum Gasteiger partial charge on any atom is -0.344 e. The van der Waals surface area contributed by atoms with E-state index in [1.54, 1.807) is 0 Å². The van der Waals surface area contributed by atoms with Gasteiger partial charge in [0, 0.05) is 0 Å². The zero-order valence-electron chi connectivity index (χ0n) is 12.6. The maximum atomic E-state index is 14.3. The van der Waals surface area contributed by atoms with Crippen LogP contribution in [0.25, 0.3) is 0 Å². The lowest BCUT2D eigenvalue weighted by atomic mass is 9.89. The number of hydrogen-bond acceptors (Lipinski definition) is 2. The first-order chi connectivity index (χ1) is 11.2. The van der Waals surface area contributed by atoms with Crippen LogP contribution in [0.3, 0.4) is 0 Å². The van der Waals surface area contributed by atoms with Gasteiger partial charge in [0.05, 0.1) is 11.3 Å². The van der Waals surface area contributed by atoms with Gasteiger partial charge in [-0.05, 0) is 43.9 Å². The standard InChI is InChI=1S/C16H14F5NO2/c1-8-14(23)22-11-5-4-10(17)13(18)12(11)15(24-8,16(19,20)21)7-6-9-2-3-9/h4-9H,2-3H2,1H3,(H,22,23)/b7-6+. The SMILES string of the molecule is CC1OC(/C=C/C2CC2)(C(F)(F)F)c2c(ccc(F)c2F)NC1=O. The molecule has 1 saturated carbocycles. The third kappa shape index (κ3) is 2.68. The quantitative estimate of drug-likeness (QED) is 0.648. The Balaban J connectivity index is 2.29. The maximum absolute atomic E-state index is 14.3. The van der Waals surface area contributed by atoms with Crippen LogP contribution in [0.5, 0.6) is 0 Å². The molecule has 0 saturated heterocycles. The largest absolute Gasteiger partial charge is 0.425 e. The van der Waals surface area contributed by atoms with Crippen molar-refractivity contribution in [2.24, 2.45) is 5.92 Å². The lowest BCUT2D eigenvalue weighted by Gasteiger charge is -2.34. The average molecular weight is 347 g/mol. The molecule has 1 aliphatic heterocycles. The van der Waals surface area contributed by atoms with Gasteiger partial charge in [0.25, 0.3) is 5.91 Å². The second kappa shape index (κ2) is 5.54.